The lowest BCUT2D eigenvalue weighted by Crippen LogP contribution is -2.24. The number of nitrogens with two attached hydrogens (primary N) is 2. The summed E-state index contributed by atoms with van der Waals surface area (Å²) in [5.41, 5.74) is 14.0. The molecule has 2 rings (SSSR count). The zero-order valence-corrected chi connectivity index (χ0v) is 13.0. The van der Waals surface area contributed by atoms with Crippen LogP contribution < -0.4 is 22.1 Å². The summed E-state index contributed by atoms with van der Waals surface area (Å²) in [6, 6.07) is 9.76. The van der Waals surface area contributed by atoms with Crippen LogP contribution in [-0.4, -0.2) is 26.2 Å². The van der Waals surface area contributed by atoms with Gasteiger partial charge in [0.25, 0.3) is 0 Å². The van der Waals surface area contributed by atoms with E-state index in [4.69, 9.17) is 11.5 Å². The lowest BCUT2D eigenvalue weighted by molar-refractivity contribution is 0.439. The third kappa shape index (κ3) is 4.78. The van der Waals surface area contributed by atoms with Crippen molar-refractivity contribution in [1.29, 1.82) is 0 Å². The van der Waals surface area contributed by atoms with E-state index in [2.05, 4.69) is 34.9 Å². The average Bonchev–Trinajstić information content (AvgIpc) is 2.87. The first-order valence-electron chi connectivity index (χ1n) is 8.32. The maximum atomic E-state index is 5.55. The van der Waals surface area contributed by atoms with E-state index in [0.717, 1.165) is 58.3 Å². The van der Waals surface area contributed by atoms with Crippen molar-refractivity contribution in [2.75, 3.05) is 26.2 Å². The molecule has 0 aliphatic heterocycles. The molecule has 0 spiro atoms. The van der Waals surface area contributed by atoms with Crippen molar-refractivity contribution in [3.63, 3.8) is 0 Å². The van der Waals surface area contributed by atoms with Gasteiger partial charge in [-0.05, 0) is 69.4 Å². The Morgan fingerprint density at radius 2 is 1.29 bits per heavy atom. The van der Waals surface area contributed by atoms with Gasteiger partial charge in [-0.2, -0.15) is 0 Å². The van der Waals surface area contributed by atoms with Crippen LogP contribution in [0.4, 0.5) is 0 Å². The van der Waals surface area contributed by atoms with E-state index in [1.807, 2.05) is 0 Å². The number of rotatable bonds is 10. The van der Waals surface area contributed by atoms with Crippen LogP contribution >= 0.6 is 0 Å². The minimum atomic E-state index is 0.478. The average molecular weight is 290 g/mol. The summed E-state index contributed by atoms with van der Waals surface area (Å²) in [6.07, 6.45) is 5.66. The molecule has 118 valence electrons. The fourth-order valence-electron chi connectivity index (χ4n) is 3.11. The standard InChI is InChI=1S/C17H30N4/c18-9-3-5-11-20-16-13-17(21-12-6-4-10-19)15-8-2-1-7-14(15)16/h1-2,7-8,16-17,20-21H,3-6,9-13,18-19H2. The predicted octanol–water partition coefficient (Wildman–Crippen LogP) is 1.83. The third-order valence-corrected chi connectivity index (χ3v) is 4.26. The quantitative estimate of drug-likeness (QED) is 0.496. The van der Waals surface area contributed by atoms with Gasteiger partial charge in [0.15, 0.2) is 0 Å². The molecule has 0 bridgehead atoms. The first-order chi connectivity index (χ1) is 10.4. The second-order valence-corrected chi connectivity index (χ2v) is 5.87. The molecule has 0 saturated heterocycles. The molecule has 1 aliphatic carbocycles. The molecule has 4 nitrogen and oxygen atoms in total. The van der Waals surface area contributed by atoms with Gasteiger partial charge in [0.1, 0.15) is 0 Å². The summed E-state index contributed by atoms with van der Waals surface area (Å²) >= 11 is 0. The van der Waals surface area contributed by atoms with Crippen molar-refractivity contribution in [2.45, 2.75) is 44.2 Å². The molecule has 0 amide bonds. The molecule has 2 atom stereocenters. The lowest BCUT2D eigenvalue weighted by Gasteiger charge is -2.15. The number of fused-ring (bicyclic) bond motifs is 1. The van der Waals surface area contributed by atoms with Crippen molar-refractivity contribution in [1.82, 2.24) is 10.6 Å². The van der Waals surface area contributed by atoms with Crippen LogP contribution in [0.1, 0.15) is 55.3 Å². The largest absolute Gasteiger partial charge is 0.330 e. The van der Waals surface area contributed by atoms with Gasteiger partial charge in [-0.3, -0.25) is 0 Å². The fourth-order valence-corrected chi connectivity index (χ4v) is 3.11. The van der Waals surface area contributed by atoms with Gasteiger partial charge in [-0.1, -0.05) is 24.3 Å². The highest BCUT2D eigenvalue weighted by molar-refractivity contribution is 5.37. The molecule has 0 radical (unpaired) electrons. The summed E-state index contributed by atoms with van der Waals surface area (Å²) in [5, 5.41) is 7.38. The van der Waals surface area contributed by atoms with E-state index in [1.54, 1.807) is 0 Å². The van der Waals surface area contributed by atoms with Crippen LogP contribution in [0.3, 0.4) is 0 Å². The molecule has 0 heterocycles. The Kier molecular flexibility index (Phi) is 7.16. The Morgan fingerprint density at radius 3 is 1.71 bits per heavy atom. The van der Waals surface area contributed by atoms with Gasteiger partial charge in [0.2, 0.25) is 0 Å². The molecule has 21 heavy (non-hydrogen) atoms. The second kappa shape index (κ2) is 9.15. The van der Waals surface area contributed by atoms with Gasteiger partial charge in [-0.15, -0.1) is 0 Å². The minimum absolute atomic E-state index is 0.478. The number of nitrogens with one attached hydrogen (secondary N) is 2. The lowest BCUT2D eigenvalue weighted by atomic mass is 10.1. The molecule has 4 heteroatoms. The molecular formula is C17H30N4. The summed E-state index contributed by atoms with van der Waals surface area (Å²) in [4.78, 5) is 0. The van der Waals surface area contributed by atoms with E-state index < -0.39 is 0 Å². The highest BCUT2D eigenvalue weighted by atomic mass is 15.0. The summed E-state index contributed by atoms with van der Waals surface area (Å²) in [7, 11) is 0. The third-order valence-electron chi connectivity index (χ3n) is 4.26. The molecule has 1 aromatic rings. The molecular weight excluding hydrogens is 260 g/mol. The minimum Gasteiger partial charge on any atom is -0.330 e. The van der Waals surface area contributed by atoms with Gasteiger partial charge in [0, 0.05) is 12.1 Å². The molecule has 1 aromatic carbocycles. The van der Waals surface area contributed by atoms with E-state index in [0.29, 0.717) is 12.1 Å². The van der Waals surface area contributed by atoms with Crippen molar-refractivity contribution in [3.05, 3.63) is 35.4 Å². The van der Waals surface area contributed by atoms with Crippen LogP contribution in [0.5, 0.6) is 0 Å². The SMILES string of the molecule is NCCCCNC1CC(NCCCCN)c2ccccc21. The maximum absolute atomic E-state index is 5.55. The zero-order chi connectivity index (χ0) is 14.9. The fraction of sp³-hybridized carbons (Fsp3) is 0.647. The highest BCUT2D eigenvalue weighted by Gasteiger charge is 2.29. The predicted molar refractivity (Wildman–Crippen MR) is 89.1 cm³/mol. The summed E-state index contributed by atoms with van der Waals surface area (Å²) < 4.78 is 0. The first kappa shape index (κ1) is 16.4. The topological polar surface area (TPSA) is 76.1 Å². The summed E-state index contributed by atoms with van der Waals surface area (Å²) in [6.45, 7) is 3.68. The normalized spacial score (nSPS) is 20.7. The van der Waals surface area contributed by atoms with E-state index in [1.165, 1.54) is 11.1 Å². The Labute approximate surface area is 128 Å². The van der Waals surface area contributed by atoms with Crippen LogP contribution in [0.15, 0.2) is 24.3 Å². The van der Waals surface area contributed by atoms with Crippen molar-refractivity contribution >= 4 is 0 Å². The van der Waals surface area contributed by atoms with Gasteiger partial charge >= 0.3 is 0 Å². The molecule has 6 N–H and O–H groups in total. The number of benzene rings is 1. The maximum Gasteiger partial charge on any atom is 0.0341 e. The zero-order valence-electron chi connectivity index (χ0n) is 13.0. The van der Waals surface area contributed by atoms with Crippen LogP contribution in [-0.2, 0) is 0 Å². The smallest absolute Gasteiger partial charge is 0.0341 e. The van der Waals surface area contributed by atoms with Gasteiger partial charge in [-0.25, -0.2) is 0 Å². The van der Waals surface area contributed by atoms with Crippen molar-refractivity contribution in [3.8, 4) is 0 Å². The number of hydrogen-bond acceptors (Lipinski definition) is 4. The first-order valence-corrected chi connectivity index (χ1v) is 8.32. The Morgan fingerprint density at radius 1 is 0.810 bits per heavy atom. The van der Waals surface area contributed by atoms with Crippen molar-refractivity contribution in [2.24, 2.45) is 11.5 Å². The monoisotopic (exact) mass is 290 g/mol. The molecule has 1 aliphatic rings. The molecule has 0 aromatic heterocycles. The van der Waals surface area contributed by atoms with E-state index in [9.17, 15) is 0 Å². The Balaban J connectivity index is 1.87. The number of unbranched alkanes of at least 4 members (excludes halogenated alkanes) is 2. The Bertz CT molecular complexity index is 371. The van der Waals surface area contributed by atoms with Crippen LogP contribution in [0.2, 0.25) is 0 Å². The van der Waals surface area contributed by atoms with E-state index >= 15 is 0 Å². The summed E-state index contributed by atoms with van der Waals surface area (Å²) in [5.74, 6) is 0. The van der Waals surface area contributed by atoms with Gasteiger partial charge < -0.3 is 22.1 Å². The Hall–Kier alpha value is -0.940. The molecule has 0 saturated carbocycles. The molecule has 2 unspecified atom stereocenters. The van der Waals surface area contributed by atoms with Gasteiger partial charge in [0.05, 0.1) is 0 Å². The van der Waals surface area contributed by atoms with Crippen LogP contribution in [0, 0.1) is 0 Å². The van der Waals surface area contributed by atoms with E-state index in [-0.39, 0.29) is 0 Å². The highest BCUT2D eigenvalue weighted by Crippen LogP contribution is 2.38. The van der Waals surface area contributed by atoms with Crippen LogP contribution in [0.25, 0.3) is 0 Å². The van der Waals surface area contributed by atoms with Crippen molar-refractivity contribution < 1.29 is 0 Å². The molecule has 0 fully saturated rings. The number of hydrogen-bond donors (Lipinski definition) is 4. The second-order valence-electron chi connectivity index (χ2n) is 5.87.